The van der Waals surface area contributed by atoms with Crippen molar-refractivity contribution >= 4 is 34.7 Å². The molecule has 0 bridgehead atoms. The second-order valence-corrected chi connectivity index (χ2v) is 4.06. The van der Waals surface area contributed by atoms with Crippen LogP contribution in [0.4, 0.5) is 21.9 Å². The molecule has 2 aromatic carbocycles. The second-order valence-electron chi connectivity index (χ2n) is 3.65. The van der Waals surface area contributed by atoms with E-state index in [4.69, 9.17) is 17.3 Å². The van der Waals surface area contributed by atoms with E-state index in [2.05, 4.69) is 10.6 Å². The fourth-order valence-corrected chi connectivity index (χ4v) is 1.70. The van der Waals surface area contributed by atoms with Crippen molar-refractivity contribution < 1.29 is 4.79 Å². The molecule has 0 fully saturated rings. The Bertz CT molecular complexity index is 537. The molecular formula is C13H12ClN3O. The molecule has 0 saturated heterocycles. The summed E-state index contributed by atoms with van der Waals surface area (Å²) in [6.45, 7) is 0. The molecule has 4 nitrogen and oxygen atoms in total. The Balaban J connectivity index is 2.08. The predicted octanol–water partition coefficient (Wildman–Crippen LogP) is 3.57. The van der Waals surface area contributed by atoms with Gasteiger partial charge in [-0.1, -0.05) is 35.9 Å². The minimum atomic E-state index is -0.388. The van der Waals surface area contributed by atoms with Crippen molar-refractivity contribution in [1.82, 2.24) is 0 Å². The number of rotatable bonds is 2. The van der Waals surface area contributed by atoms with Crippen molar-refractivity contribution in [3.05, 3.63) is 53.6 Å². The third-order valence-corrected chi connectivity index (χ3v) is 2.63. The van der Waals surface area contributed by atoms with E-state index in [0.29, 0.717) is 22.1 Å². The quantitative estimate of drug-likeness (QED) is 0.724. The van der Waals surface area contributed by atoms with Crippen molar-refractivity contribution in [2.45, 2.75) is 0 Å². The molecule has 0 aliphatic heterocycles. The van der Waals surface area contributed by atoms with E-state index in [1.54, 1.807) is 30.3 Å². The Hall–Kier alpha value is -2.20. The van der Waals surface area contributed by atoms with Crippen LogP contribution in [-0.2, 0) is 0 Å². The van der Waals surface area contributed by atoms with Gasteiger partial charge in [-0.25, -0.2) is 4.79 Å². The summed E-state index contributed by atoms with van der Waals surface area (Å²) in [5.41, 5.74) is 7.26. The molecule has 0 radical (unpaired) electrons. The molecule has 0 aliphatic carbocycles. The van der Waals surface area contributed by atoms with Crippen molar-refractivity contribution in [2.75, 3.05) is 16.4 Å². The highest BCUT2D eigenvalue weighted by atomic mass is 35.5. The summed E-state index contributed by atoms with van der Waals surface area (Å²) in [6, 6.07) is 13.8. The Morgan fingerprint density at radius 1 is 1.00 bits per heavy atom. The molecule has 2 rings (SSSR count). The summed E-state index contributed by atoms with van der Waals surface area (Å²) in [7, 11) is 0. The lowest BCUT2D eigenvalue weighted by Crippen LogP contribution is -2.20. The van der Waals surface area contributed by atoms with Gasteiger partial charge >= 0.3 is 6.03 Å². The first-order valence-electron chi connectivity index (χ1n) is 5.34. The number of carbonyl (C=O) groups is 1. The van der Waals surface area contributed by atoms with Gasteiger partial charge in [0.15, 0.2) is 0 Å². The van der Waals surface area contributed by atoms with Gasteiger partial charge in [-0.2, -0.15) is 0 Å². The molecule has 4 N–H and O–H groups in total. The van der Waals surface area contributed by atoms with Crippen molar-refractivity contribution in [3.63, 3.8) is 0 Å². The van der Waals surface area contributed by atoms with E-state index in [1.807, 2.05) is 18.2 Å². The van der Waals surface area contributed by atoms with E-state index >= 15 is 0 Å². The number of nitrogens with two attached hydrogens (primary N) is 1. The predicted molar refractivity (Wildman–Crippen MR) is 74.9 cm³/mol. The number of anilines is 3. The molecule has 5 heteroatoms. The largest absolute Gasteiger partial charge is 0.397 e. The molecule has 0 atom stereocenters. The Labute approximate surface area is 110 Å². The van der Waals surface area contributed by atoms with Gasteiger partial charge < -0.3 is 16.4 Å². The molecule has 0 aromatic heterocycles. The van der Waals surface area contributed by atoms with E-state index < -0.39 is 0 Å². The Morgan fingerprint density at radius 2 is 1.72 bits per heavy atom. The van der Waals surface area contributed by atoms with E-state index in [9.17, 15) is 4.79 Å². The number of urea groups is 1. The number of hydrogen-bond acceptors (Lipinski definition) is 2. The van der Waals surface area contributed by atoms with Crippen LogP contribution in [0.25, 0.3) is 0 Å². The first-order chi connectivity index (χ1) is 8.66. The van der Waals surface area contributed by atoms with Crippen LogP contribution in [0.5, 0.6) is 0 Å². The van der Waals surface area contributed by atoms with E-state index in [1.165, 1.54) is 0 Å². The fraction of sp³-hybridized carbons (Fsp3) is 0. The lowest BCUT2D eigenvalue weighted by molar-refractivity contribution is 0.262. The van der Waals surface area contributed by atoms with Crippen LogP contribution in [0.1, 0.15) is 0 Å². The second kappa shape index (κ2) is 5.42. The van der Waals surface area contributed by atoms with Gasteiger partial charge in [0.25, 0.3) is 0 Å². The summed E-state index contributed by atoms with van der Waals surface area (Å²) >= 11 is 5.95. The maximum atomic E-state index is 11.7. The van der Waals surface area contributed by atoms with Crippen LogP contribution in [0, 0.1) is 0 Å². The van der Waals surface area contributed by atoms with E-state index in [0.717, 1.165) is 0 Å². The monoisotopic (exact) mass is 261 g/mol. The Morgan fingerprint density at radius 3 is 2.39 bits per heavy atom. The zero-order valence-corrected chi connectivity index (χ0v) is 10.2. The van der Waals surface area contributed by atoms with Gasteiger partial charge in [-0.05, 0) is 24.3 Å². The summed E-state index contributed by atoms with van der Waals surface area (Å²) < 4.78 is 0. The lowest BCUT2D eigenvalue weighted by Gasteiger charge is -2.10. The molecule has 2 aromatic rings. The Kier molecular flexibility index (Phi) is 3.69. The van der Waals surface area contributed by atoms with Crippen molar-refractivity contribution in [1.29, 1.82) is 0 Å². The molecule has 0 unspecified atom stereocenters. The summed E-state index contributed by atoms with van der Waals surface area (Å²) in [5, 5.41) is 5.70. The maximum Gasteiger partial charge on any atom is 0.323 e. The minimum Gasteiger partial charge on any atom is -0.397 e. The van der Waals surface area contributed by atoms with Gasteiger partial charge in [0, 0.05) is 5.69 Å². The number of carbonyl (C=O) groups excluding carboxylic acids is 1. The highest BCUT2D eigenvalue weighted by molar-refractivity contribution is 6.34. The minimum absolute atomic E-state index is 0.388. The topological polar surface area (TPSA) is 67.1 Å². The van der Waals surface area contributed by atoms with Crippen LogP contribution in [-0.4, -0.2) is 6.03 Å². The molecule has 18 heavy (non-hydrogen) atoms. The third kappa shape index (κ3) is 2.93. The highest BCUT2D eigenvalue weighted by Crippen LogP contribution is 2.27. The van der Waals surface area contributed by atoms with Crippen molar-refractivity contribution in [3.8, 4) is 0 Å². The van der Waals surface area contributed by atoms with Crippen LogP contribution in [0.15, 0.2) is 48.5 Å². The van der Waals surface area contributed by atoms with Crippen molar-refractivity contribution in [2.24, 2.45) is 0 Å². The SMILES string of the molecule is Nc1cccc(Cl)c1NC(=O)Nc1ccccc1. The molecule has 92 valence electrons. The average molecular weight is 262 g/mol. The smallest absolute Gasteiger partial charge is 0.323 e. The first-order valence-corrected chi connectivity index (χ1v) is 5.71. The van der Waals surface area contributed by atoms with Crippen LogP contribution < -0.4 is 16.4 Å². The van der Waals surface area contributed by atoms with Crippen LogP contribution in [0.2, 0.25) is 5.02 Å². The van der Waals surface area contributed by atoms with Gasteiger partial charge in [-0.3, -0.25) is 0 Å². The van der Waals surface area contributed by atoms with Crippen LogP contribution in [0.3, 0.4) is 0 Å². The molecular weight excluding hydrogens is 250 g/mol. The third-order valence-electron chi connectivity index (χ3n) is 2.32. The molecule has 0 heterocycles. The number of amides is 2. The molecule has 2 amide bonds. The molecule has 0 aliphatic rings. The number of hydrogen-bond donors (Lipinski definition) is 3. The molecule has 0 saturated carbocycles. The summed E-state index contributed by atoms with van der Waals surface area (Å²) in [6.07, 6.45) is 0. The average Bonchev–Trinajstić information content (AvgIpc) is 2.35. The summed E-state index contributed by atoms with van der Waals surface area (Å²) in [4.78, 5) is 11.7. The number of halogens is 1. The van der Waals surface area contributed by atoms with Gasteiger partial charge in [0.05, 0.1) is 16.4 Å². The number of benzene rings is 2. The van der Waals surface area contributed by atoms with Gasteiger partial charge in [0.2, 0.25) is 0 Å². The number of nitrogens with one attached hydrogen (secondary N) is 2. The zero-order chi connectivity index (χ0) is 13.0. The molecule has 0 spiro atoms. The fourth-order valence-electron chi connectivity index (χ4n) is 1.47. The number of nitrogen functional groups attached to an aromatic ring is 1. The van der Waals surface area contributed by atoms with Crippen LogP contribution >= 0.6 is 11.6 Å². The summed E-state index contributed by atoms with van der Waals surface area (Å²) in [5.74, 6) is 0. The maximum absolute atomic E-state index is 11.7. The first kappa shape index (κ1) is 12.3. The van der Waals surface area contributed by atoms with Gasteiger partial charge in [-0.15, -0.1) is 0 Å². The standard InChI is InChI=1S/C13H12ClN3O/c14-10-7-4-8-11(15)12(10)17-13(18)16-9-5-2-1-3-6-9/h1-8H,15H2,(H2,16,17,18). The van der Waals surface area contributed by atoms with Gasteiger partial charge in [0.1, 0.15) is 0 Å². The highest BCUT2D eigenvalue weighted by Gasteiger charge is 2.08. The number of para-hydroxylation sites is 2. The lowest BCUT2D eigenvalue weighted by atomic mass is 10.2. The van der Waals surface area contributed by atoms with E-state index in [-0.39, 0.29) is 6.03 Å². The zero-order valence-electron chi connectivity index (χ0n) is 9.48. The normalized spacial score (nSPS) is 9.83.